The van der Waals surface area contributed by atoms with Crippen LogP contribution in [0.2, 0.25) is 0 Å². The Morgan fingerprint density at radius 3 is 2.76 bits per heavy atom. The van der Waals surface area contributed by atoms with Gasteiger partial charge in [0.25, 0.3) is 0 Å². The number of aromatic nitrogens is 4. The second-order valence-corrected chi connectivity index (χ2v) is 5.18. The van der Waals surface area contributed by atoms with Gasteiger partial charge < -0.3 is 5.32 Å². The van der Waals surface area contributed by atoms with Crippen LogP contribution >= 0.6 is 0 Å². The molecule has 0 atom stereocenters. The molecule has 0 bridgehead atoms. The average Bonchev–Trinajstić information content (AvgIpc) is 2.77. The van der Waals surface area contributed by atoms with Crippen LogP contribution in [0.25, 0.3) is 0 Å². The van der Waals surface area contributed by atoms with Crippen molar-refractivity contribution in [2.24, 2.45) is 11.8 Å². The van der Waals surface area contributed by atoms with E-state index in [-0.39, 0.29) is 0 Å². The first-order valence-electron chi connectivity index (χ1n) is 6.75. The van der Waals surface area contributed by atoms with E-state index in [9.17, 15) is 0 Å². The van der Waals surface area contributed by atoms with Gasteiger partial charge in [-0.1, -0.05) is 26.7 Å². The van der Waals surface area contributed by atoms with Crippen LogP contribution in [0.3, 0.4) is 0 Å². The summed E-state index contributed by atoms with van der Waals surface area (Å²) in [5, 5.41) is 15.2. The molecule has 1 N–H and O–H groups in total. The summed E-state index contributed by atoms with van der Waals surface area (Å²) < 4.78 is 1.98. The molecular weight excluding hydrogens is 214 g/mol. The van der Waals surface area contributed by atoms with Crippen LogP contribution in [0.5, 0.6) is 0 Å². The molecule has 17 heavy (non-hydrogen) atoms. The highest BCUT2D eigenvalue weighted by molar-refractivity contribution is 4.81. The SMILES string of the molecule is CCNCc1nnnn1CC1CCC(C)CC1. The van der Waals surface area contributed by atoms with Crippen LogP contribution in [-0.4, -0.2) is 26.8 Å². The summed E-state index contributed by atoms with van der Waals surface area (Å²) in [4.78, 5) is 0. The summed E-state index contributed by atoms with van der Waals surface area (Å²) in [5.41, 5.74) is 0. The highest BCUT2D eigenvalue weighted by Gasteiger charge is 2.20. The third-order valence-corrected chi connectivity index (χ3v) is 3.71. The molecule has 1 aromatic heterocycles. The molecule has 1 heterocycles. The van der Waals surface area contributed by atoms with Gasteiger partial charge in [-0.3, -0.25) is 0 Å². The highest BCUT2D eigenvalue weighted by atomic mass is 15.5. The van der Waals surface area contributed by atoms with E-state index in [2.05, 4.69) is 34.7 Å². The highest BCUT2D eigenvalue weighted by Crippen LogP contribution is 2.29. The largest absolute Gasteiger partial charge is 0.310 e. The monoisotopic (exact) mass is 237 g/mol. The van der Waals surface area contributed by atoms with Crippen molar-refractivity contribution in [3.63, 3.8) is 0 Å². The Morgan fingerprint density at radius 1 is 1.29 bits per heavy atom. The molecule has 2 rings (SSSR count). The Labute approximate surface area is 103 Å². The summed E-state index contributed by atoms with van der Waals surface area (Å²) in [7, 11) is 0. The van der Waals surface area contributed by atoms with Crippen molar-refractivity contribution in [1.29, 1.82) is 0 Å². The molecule has 96 valence electrons. The van der Waals surface area contributed by atoms with E-state index in [4.69, 9.17) is 0 Å². The Morgan fingerprint density at radius 2 is 2.06 bits per heavy atom. The van der Waals surface area contributed by atoms with E-state index >= 15 is 0 Å². The minimum Gasteiger partial charge on any atom is -0.310 e. The molecule has 5 heteroatoms. The van der Waals surface area contributed by atoms with Gasteiger partial charge in [-0.15, -0.1) is 5.10 Å². The van der Waals surface area contributed by atoms with E-state index in [1.165, 1.54) is 25.7 Å². The van der Waals surface area contributed by atoms with Gasteiger partial charge >= 0.3 is 0 Å². The van der Waals surface area contributed by atoms with Gasteiger partial charge in [0.15, 0.2) is 5.82 Å². The molecule has 0 unspecified atom stereocenters. The van der Waals surface area contributed by atoms with Crippen molar-refractivity contribution < 1.29 is 0 Å². The topological polar surface area (TPSA) is 55.6 Å². The summed E-state index contributed by atoms with van der Waals surface area (Å²) in [6.07, 6.45) is 5.36. The fourth-order valence-corrected chi connectivity index (χ4v) is 2.48. The number of nitrogens with zero attached hydrogens (tertiary/aromatic N) is 4. The zero-order chi connectivity index (χ0) is 12.1. The predicted octanol–water partition coefficient (Wildman–Crippen LogP) is 1.61. The molecule has 1 aliphatic rings. The van der Waals surface area contributed by atoms with Crippen LogP contribution in [0.15, 0.2) is 0 Å². The number of hydrogen-bond donors (Lipinski definition) is 1. The van der Waals surface area contributed by atoms with Crippen LogP contribution in [0.4, 0.5) is 0 Å². The Balaban J connectivity index is 1.87. The summed E-state index contributed by atoms with van der Waals surface area (Å²) in [5.74, 6) is 2.63. The molecule has 1 aromatic rings. The Hall–Kier alpha value is -0.970. The van der Waals surface area contributed by atoms with E-state index in [0.717, 1.165) is 37.3 Å². The molecule has 1 fully saturated rings. The zero-order valence-electron chi connectivity index (χ0n) is 10.9. The fraction of sp³-hybridized carbons (Fsp3) is 0.917. The lowest BCUT2D eigenvalue weighted by atomic mass is 9.83. The maximum absolute atomic E-state index is 4.10. The predicted molar refractivity (Wildman–Crippen MR) is 66.3 cm³/mol. The van der Waals surface area contributed by atoms with Gasteiger partial charge in [0, 0.05) is 6.54 Å². The maximum atomic E-state index is 4.10. The van der Waals surface area contributed by atoms with Crippen LogP contribution in [-0.2, 0) is 13.1 Å². The van der Waals surface area contributed by atoms with Gasteiger partial charge in [-0.2, -0.15) is 0 Å². The van der Waals surface area contributed by atoms with Crippen molar-refractivity contribution in [3.8, 4) is 0 Å². The summed E-state index contributed by atoms with van der Waals surface area (Å²) in [6.45, 7) is 7.15. The first-order chi connectivity index (χ1) is 8.29. The second-order valence-electron chi connectivity index (χ2n) is 5.18. The van der Waals surface area contributed by atoms with Gasteiger partial charge in [-0.25, -0.2) is 4.68 Å². The molecule has 0 aliphatic heterocycles. The van der Waals surface area contributed by atoms with Gasteiger partial charge in [0.05, 0.1) is 6.54 Å². The van der Waals surface area contributed by atoms with Gasteiger partial charge in [0.2, 0.25) is 0 Å². The molecule has 1 aliphatic carbocycles. The molecule has 0 saturated heterocycles. The Bertz CT molecular complexity index is 327. The lowest BCUT2D eigenvalue weighted by Crippen LogP contribution is -2.22. The first kappa shape index (κ1) is 12.5. The number of nitrogens with one attached hydrogen (secondary N) is 1. The lowest BCUT2D eigenvalue weighted by molar-refractivity contribution is 0.253. The molecular formula is C12H23N5. The zero-order valence-corrected chi connectivity index (χ0v) is 10.9. The van der Waals surface area contributed by atoms with E-state index in [1.54, 1.807) is 0 Å². The summed E-state index contributed by atoms with van der Waals surface area (Å²) >= 11 is 0. The minimum absolute atomic E-state index is 0.759. The van der Waals surface area contributed by atoms with E-state index < -0.39 is 0 Å². The van der Waals surface area contributed by atoms with Crippen LogP contribution in [0, 0.1) is 11.8 Å². The van der Waals surface area contributed by atoms with Crippen molar-refractivity contribution in [2.75, 3.05) is 6.54 Å². The minimum atomic E-state index is 0.759. The molecule has 0 aromatic carbocycles. The number of rotatable bonds is 5. The van der Waals surface area contributed by atoms with E-state index in [1.807, 2.05) is 4.68 Å². The third kappa shape index (κ3) is 3.49. The molecule has 5 nitrogen and oxygen atoms in total. The average molecular weight is 237 g/mol. The van der Waals surface area contributed by atoms with Crippen molar-refractivity contribution >= 4 is 0 Å². The standard InChI is InChI=1S/C12H23N5/c1-3-13-8-12-14-15-16-17(12)9-11-6-4-10(2)5-7-11/h10-11,13H,3-9H2,1-2H3. The third-order valence-electron chi connectivity index (χ3n) is 3.71. The smallest absolute Gasteiger partial charge is 0.165 e. The van der Waals surface area contributed by atoms with E-state index in [0.29, 0.717) is 0 Å². The van der Waals surface area contributed by atoms with Gasteiger partial charge in [0.1, 0.15) is 0 Å². The quantitative estimate of drug-likeness (QED) is 0.845. The normalized spacial score (nSPS) is 25.1. The second kappa shape index (κ2) is 6.10. The summed E-state index contributed by atoms with van der Waals surface area (Å²) in [6, 6.07) is 0. The maximum Gasteiger partial charge on any atom is 0.165 e. The van der Waals surface area contributed by atoms with Crippen molar-refractivity contribution in [2.45, 2.75) is 52.6 Å². The molecule has 1 saturated carbocycles. The van der Waals surface area contributed by atoms with Crippen molar-refractivity contribution in [3.05, 3.63) is 5.82 Å². The molecule has 0 amide bonds. The Kier molecular flexibility index (Phi) is 4.48. The molecule has 0 spiro atoms. The first-order valence-corrected chi connectivity index (χ1v) is 6.75. The molecule has 0 radical (unpaired) electrons. The van der Waals surface area contributed by atoms with Crippen LogP contribution in [0.1, 0.15) is 45.4 Å². The van der Waals surface area contributed by atoms with Gasteiger partial charge in [-0.05, 0) is 41.6 Å². The fourth-order valence-electron chi connectivity index (χ4n) is 2.48. The lowest BCUT2D eigenvalue weighted by Gasteiger charge is -2.25. The number of tetrazole rings is 1. The van der Waals surface area contributed by atoms with Crippen molar-refractivity contribution in [1.82, 2.24) is 25.5 Å². The number of hydrogen-bond acceptors (Lipinski definition) is 4. The van der Waals surface area contributed by atoms with Crippen LogP contribution < -0.4 is 5.32 Å².